The quantitative estimate of drug-likeness (QED) is 0.461. The van der Waals surface area contributed by atoms with E-state index >= 15 is 0 Å². The summed E-state index contributed by atoms with van der Waals surface area (Å²) >= 11 is 1.61. The standard InChI is InChI=1S/C24H23N5OS/c1-16-20(23(30)27-13-18-3-2-8-26-12-18)11-22(29(16)14-17-4-5-17)21-15-31-24(28-21)19-6-9-25-10-7-19/h2-3,6-12,15,17H,4-5,13-14H2,1H3,(H,27,30). The van der Waals surface area contributed by atoms with E-state index in [1.165, 1.54) is 12.8 Å². The first-order valence-corrected chi connectivity index (χ1v) is 11.3. The smallest absolute Gasteiger partial charge is 0.253 e. The number of nitrogens with zero attached hydrogens (tertiary/aromatic N) is 4. The Morgan fingerprint density at radius 3 is 2.77 bits per heavy atom. The molecule has 4 aromatic rings. The van der Waals surface area contributed by atoms with Crippen LogP contribution in [0, 0.1) is 12.8 Å². The van der Waals surface area contributed by atoms with Crippen LogP contribution in [0.4, 0.5) is 0 Å². The molecule has 1 fully saturated rings. The summed E-state index contributed by atoms with van der Waals surface area (Å²) in [5.41, 5.74) is 5.65. The van der Waals surface area contributed by atoms with Crippen molar-refractivity contribution >= 4 is 17.2 Å². The lowest BCUT2D eigenvalue weighted by Gasteiger charge is -2.10. The van der Waals surface area contributed by atoms with Crippen molar-refractivity contribution in [3.8, 4) is 22.0 Å². The maximum atomic E-state index is 13.0. The van der Waals surface area contributed by atoms with Crippen LogP contribution in [0.15, 0.2) is 60.5 Å². The average Bonchev–Trinajstić information content (AvgIpc) is 3.39. The summed E-state index contributed by atoms with van der Waals surface area (Å²) < 4.78 is 2.27. The van der Waals surface area contributed by atoms with Crippen LogP contribution < -0.4 is 5.32 Å². The second-order valence-electron chi connectivity index (χ2n) is 7.90. The minimum absolute atomic E-state index is 0.0678. The van der Waals surface area contributed by atoms with E-state index in [-0.39, 0.29) is 5.91 Å². The Balaban J connectivity index is 1.44. The van der Waals surface area contributed by atoms with Crippen LogP contribution in [-0.2, 0) is 13.1 Å². The van der Waals surface area contributed by atoms with Gasteiger partial charge in [0.15, 0.2) is 0 Å². The number of carbonyl (C=O) groups is 1. The van der Waals surface area contributed by atoms with Crippen molar-refractivity contribution in [1.29, 1.82) is 0 Å². The van der Waals surface area contributed by atoms with Crippen LogP contribution in [0.3, 0.4) is 0 Å². The molecule has 0 aliphatic heterocycles. The van der Waals surface area contributed by atoms with E-state index in [4.69, 9.17) is 4.98 Å². The maximum Gasteiger partial charge on any atom is 0.253 e. The highest BCUT2D eigenvalue weighted by Crippen LogP contribution is 2.36. The van der Waals surface area contributed by atoms with Gasteiger partial charge in [-0.1, -0.05) is 6.07 Å². The van der Waals surface area contributed by atoms with E-state index in [0.717, 1.165) is 39.8 Å². The molecule has 0 bridgehead atoms. The van der Waals surface area contributed by atoms with Crippen LogP contribution in [0.2, 0.25) is 0 Å². The summed E-state index contributed by atoms with van der Waals surface area (Å²) in [6, 6.07) is 9.75. The fraction of sp³-hybridized carbons (Fsp3) is 0.250. The second kappa shape index (κ2) is 8.43. The Kier molecular flexibility index (Phi) is 5.34. The van der Waals surface area contributed by atoms with Crippen LogP contribution in [0.5, 0.6) is 0 Å². The molecule has 0 aromatic carbocycles. The van der Waals surface area contributed by atoms with Gasteiger partial charge in [-0.05, 0) is 55.5 Å². The molecule has 0 spiro atoms. The van der Waals surface area contributed by atoms with E-state index in [1.54, 1.807) is 36.1 Å². The Bertz CT molecular complexity index is 1200. The summed E-state index contributed by atoms with van der Waals surface area (Å²) in [6.07, 6.45) is 9.56. The zero-order valence-electron chi connectivity index (χ0n) is 17.3. The van der Waals surface area contributed by atoms with Crippen molar-refractivity contribution in [3.05, 3.63) is 77.3 Å². The summed E-state index contributed by atoms with van der Waals surface area (Å²) in [6.45, 7) is 3.42. The Labute approximate surface area is 185 Å². The number of thiazole rings is 1. The van der Waals surface area contributed by atoms with Gasteiger partial charge in [-0.25, -0.2) is 4.98 Å². The maximum absolute atomic E-state index is 13.0. The number of amides is 1. The molecule has 1 N–H and O–H groups in total. The fourth-order valence-electron chi connectivity index (χ4n) is 3.68. The molecule has 7 heteroatoms. The summed E-state index contributed by atoms with van der Waals surface area (Å²) in [7, 11) is 0. The molecule has 0 atom stereocenters. The van der Waals surface area contributed by atoms with Gasteiger partial charge in [0.25, 0.3) is 5.91 Å². The van der Waals surface area contributed by atoms with Crippen LogP contribution in [0.25, 0.3) is 22.0 Å². The molecule has 31 heavy (non-hydrogen) atoms. The molecular weight excluding hydrogens is 406 g/mol. The van der Waals surface area contributed by atoms with E-state index in [1.807, 2.05) is 37.3 Å². The lowest BCUT2D eigenvalue weighted by molar-refractivity contribution is 0.0950. The van der Waals surface area contributed by atoms with Crippen molar-refractivity contribution < 1.29 is 4.79 Å². The van der Waals surface area contributed by atoms with Crippen LogP contribution in [0.1, 0.15) is 34.5 Å². The highest BCUT2D eigenvalue weighted by atomic mass is 32.1. The fourth-order valence-corrected chi connectivity index (χ4v) is 4.50. The van der Waals surface area contributed by atoms with Crippen molar-refractivity contribution in [2.75, 3.05) is 0 Å². The van der Waals surface area contributed by atoms with E-state index in [9.17, 15) is 4.79 Å². The van der Waals surface area contributed by atoms with Crippen molar-refractivity contribution in [2.45, 2.75) is 32.9 Å². The molecule has 0 saturated heterocycles. The summed E-state index contributed by atoms with van der Waals surface area (Å²) in [5.74, 6) is 0.621. The third kappa shape index (κ3) is 4.27. The van der Waals surface area contributed by atoms with Gasteiger partial charge < -0.3 is 9.88 Å². The van der Waals surface area contributed by atoms with Gasteiger partial charge in [-0.2, -0.15) is 0 Å². The van der Waals surface area contributed by atoms with E-state index in [2.05, 4.69) is 25.2 Å². The molecule has 4 heterocycles. The molecule has 0 radical (unpaired) electrons. The largest absolute Gasteiger partial charge is 0.348 e. The van der Waals surface area contributed by atoms with E-state index in [0.29, 0.717) is 18.0 Å². The number of aromatic nitrogens is 4. The van der Waals surface area contributed by atoms with E-state index < -0.39 is 0 Å². The van der Waals surface area contributed by atoms with Gasteiger partial charge in [0.05, 0.1) is 17.0 Å². The summed E-state index contributed by atoms with van der Waals surface area (Å²) in [4.78, 5) is 26.1. The predicted octanol–water partition coefficient (Wildman–Crippen LogP) is 4.72. The lowest BCUT2D eigenvalue weighted by Crippen LogP contribution is -2.23. The Morgan fingerprint density at radius 1 is 1.19 bits per heavy atom. The van der Waals surface area contributed by atoms with Gasteiger partial charge in [-0.3, -0.25) is 14.8 Å². The summed E-state index contributed by atoms with van der Waals surface area (Å²) in [5, 5.41) is 6.06. The number of rotatable bonds is 7. The zero-order chi connectivity index (χ0) is 21.2. The molecule has 1 aliphatic rings. The lowest BCUT2D eigenvalue weighted by atomic mass is 10.2. The van der Waals surface area contributed by atoms with Gasteiger partial charge in [0, 0.05) is 54.5 Å². The molecular formula is C24H23N5OS. The van der Waals surface area contributed by atoms with Gasteiger partial charge in [0.1, 0.15) is 5.01 Å². The van der Waals surface area contributed by atoms with Crippen molar-refractivity contribution in [3.63, 3.8) is 0 Å². The number of hydrogen-bond acceptors (Lipinski definition) is 5. The third-order valence-corrected chi connectivity index (χ3v) is 6.51. The SMILES string of the molecule is Cc1c(C(=O)NCc2cccnc2)cc(-c2csc(-c3ccncc3)n2)n1CC1CC1. The molecule has 5 rings (SSSR count). The third-order valence-electron chi connectivity index (χ3n) is 5.62. The molecule has 1 saturated carbocycles. The second-order valence-corrected chi connectivity index (χ2v) is 8.76. The average molecular weight is 430 g/mol. The Hall–Kier alpha value is -3.32. The molecule has 1 aliphatic carbocycles. The number of hydrogen-bond donors (Lipinski definition) is 1. The van der Waals surface area contributed by atoms with Crippen molar-refractivity contribution in [1.82, 2.24) is 24.8 Å². The number of pyridine rings is 2. The first kappa shape index (κ1) is 19.6. The van der Waals surface area contributed by atoms with Gasteiger partial charge in [0.2, 0.25) is 0 Å². The molecule has 4 aromatic heterocycles. The first-order chi connectivity index (χ1) is 15.2. The molecule has 0 unspecified atom stereocenters. The predicted molar refractivity (Wildman–Crippen MR) is 122 cm³/mol. The Morgan fingerprint density at radius 2 is 2.03 bits per heavy atom. The normalized spacial score (nSPS) is 13.3. The van der Waals surface area contributed by atoms with Crippen LogP contribution >= 0.6 is 11.3 Å². The monoisotopic (exact) mass is 429 g/mol. The molecule has 1 amide bonds. The minimum atomic E-state index is -0.0678. The van der Waals surface area contributed by atoms with Gasteiger partial charge >= 0.3 is 0 Å². The van der Waals surface area contributed by atoms with Crippen molar-refractivity contribution in [2.24, 2.45) is 5.92 Å². The molecule has 156 valence electrons. The molecule has 6 nitrogen and oxygen atoms in total. The zero-order valence-corrected chi connectivity index (χ0v) is 18.1. The highest BCUT2D eigenvalue weighted by molar-refractivity contribution is 7.13. The first-order valence-electron chi connectivity index (χ1n) is 10.4. The number of carbonyl (C=O) groups excluding carboxylic acids is 1. The van der Waals surface area contributed by atoms with Gasteiger partial charge in [-0.15, -0.1) is 11.3 Å². The number of nitrogens with one attached hydrogen (secondary N) is 1. The topological polar surface area (TPSA) is 72.7 Å². The van der Waals surface area contributed by atoms with Crippen LogP contribution in [-0.4, -0.2) is 25.4 Å². The minimum Gasteiger partial charge on any atom is -0.348 e. The highest BCUT2D eigenvalue weighted by Gasteiger charge is 2.26.